The summed E-state index contributed by atoms with van der Waals surface area (Å²) in [4.78, 5) is 13.4. The Hall–Kier alpha value is -1.20. The molecule has 3 aliphatic rings. The van der Waals surface area contributed by atoms with Crippen LogP contribution >= 0.6 is 23.4 Å². The topological polar surface area (TPSA) is 100 Å². The molecule has 0 bridgehead atoms. The average Bonchev–Trinajstić information content (AvgIpc) is 3.12. The Kier molecular flexibility index (Phi) is 8.79. The summed E-state index contributed by atoms with van der Waals surface area (Å²) in [7, 11) is 0. The molecule has 10 unspecified atom stereocenters. The van der Waals surface area contributed by atoms with Gasteiger partial charge in [0.2, 0.25) is 5.91 Å². The largest absolute Gasteiger partial charge is 0.387 e. The van der Waals surface area contributed by atoms with E-state index in [1.807, 2.05) is 18.4 Å². The number of carbonyl (C=O) groups is 1. The van der Waals surface area contributed by atoms with Crippen molar-refractivity contribution in [2.75, 3.05) is 19.4 Å². The van der Waals surface area contributed by atoms with Crippen LogP contribution in [0.4, 0.5) is 4.39 Å². The summed E-state index contributed by atoms with van der Waals surface area (Å²) in [5.41, 5.74) is 0.943. The molecule has 7 nitrogen and oxygen atoms in total. The molecule has 10 heteroatoms. The third kappa shape index (κ3) is 5.71. The third-order valence-electron chi connectivity index (χ3n) is 7.38. The molecule has 4 N–H and O–H groups in total. The SMILES string of the molecule is C=C1C(SC)OC(C(NC(=O)C2NCC3CC(c4ccc(F)cc4)CCOC32)C(C)Cl)C(O)C1O. The highest BCUT2D eigenvalue weighted by Crippen LogP contribution is 2.37. The van der Waals surface area contributed by atoms with E-state index in [9.17, 15) is 19.4 Å². The molecule has 10 atom stereocenters. The molecule has 0 aliphatic carbocycles. The predicted molar refractivity (Wildman–Crippen MR) is 134 cm³/mol. The first-order valence-corrected chi connectivity index (χ1v) is 13.7. The second kappa shape index (κ2) is 11.5. The Morgan fingerprint density at radius 1 is 1.34 bits per heavy atom. The maximum Gasteiger partial charge on any atom is 0.240 e. The Bertz CT molecular complexity index is 902. The van der Waals surface area contributed by atoms with Gasteiger partial charge in [-0.25, -0.2) is 4.39 Å². The van der Waals surface area contributed by atoms with E-state index in [1.165, 1.54) is 23.9 Å². The average molecular weight is 529 g/mol. The van der Waals surface area contributed by atoms with Gasteiger partial charge in [0.1, 0.15) is 35.6 Å². The second-order valence-electron chi connectivity index (χ2n) is 9.64. The zero-order valence-corrected chi connectivity index (χ0v) is 21.5. The lowest BCUT2D eigenvalue weighted by atomic mass is 9.85. The van der Waals surface area contributed by atoms with Crippen molar-refractivity contribution in [2.24, 2.45) is 5.92 Å². The number of hydrogen-bond donors (Lipinski definition) is 4. The van der Waals surface area contributed by atoms with Crippen LogP contribution in [-0.4, -0.2) is 82.8 Å². The molecule has 1 aromatic carbocycles. The van der Waals surface area contributed by atoms with Gasteiger partial charge in [-0.3, -0.25) is 4.79 Å². The van der Waals surface area contributed by atoms with Crippen molar-refractivity contribution in [1.82, 2.24) is 10.6 Å². The number of benzene rings is 1. The Morgan fingerprint density at radius 3 is 2.71 bits per heavy atom. The number of alkyl halides is 1. The molecular formula is C25H34ClFN2O5S. The summed E-state index contributed by atoms with van der Waals surface area (Å²) in [6, 6.07) is 5.27. The highest BCUT2D eigenvalue weighted by Gasteiger charge is 2.48. The molecular weight excluding hydrogens is 495 g/mol. The first-order valence-electron chi connectivity index (χ1n) is 12.0. The van der Waals surface area contributed by atoms with Gasteiger partial charge in [-0.05, 0) is 55.2 Å². The molecule has 3 heterocycles. The number of aliphatic hydroxyl groups excluding tert-OH is 2. The van der Waals surface area contributed by atoms with Crippen molar-refractivity contribution in [3.63, 3.8) is 0 Å². The van der Waals surface area contributed by atoms with E-state index in [1.54, 1.807) is 6.92 Å². The number of halogens is 2. The summed E-state index contributed by atoms with van der Waals surface area (Å²) < 4.78 is 25.5. The number of thioether (sulfide) groups is 1. The van der Waals surface area contributed by atoms with E-state index < -0.39 is 41.2 Å². The maximum absolute atomic E-state index is 13.4. The molecule has 1 aromatic rings. The van der Waals surface area contributed by atoms with E-state index in [0.29, 0.717) is 18.7 Å². The number of hydrogen-bond acceptors (Lipinski definition) is 7. The number of ether oxygens (including phenoxy) is 2. The number of rotatable bonds is 6. The van der Waals surface area contributed by atoms with Gasteiger partial charge in [0.15, 0.2) is 0 Å². The lowest BCUT2D eigenvalue weighted by Crippen LogP contribution is -2.62. The van der Waals surface area contributed by atoms with Crippen molar-refractivity contribution >= 4 is 29.3 Å². The van der Waals surface area contributed by atoms with E-state index in [2.05, 4.69) is 17.2 Å². The fraction of sp³-hybridized carbons (Fsp3) is 0.640. The smallest absolute Gasteiger partial charge is 0.240 e. The van der Waals surface area contributed by atoms with E-state index in [0.717, 1.165) is 18.4 Å². The fourth-order valence-corrected chi connectivity index (χ4v) is 6.30. The summed E-state index contributed by atoms with van der Waals surface area (Å²) in [5, 5.41) is 26.8. The molecule has 4 rings (SSSR count). The number of fused-ring (bicyclic) bond motifs is 1. The van der Waals surface area contributed by atoms with Gasteiger partial charge < -0.3 is 30.3 Å². The number of aliphatic hydroxyl groups is 2. The second-order valence-corrected chi connectivity index (χ2v) is 11.2. The maximum atomic E-state index is 13.4. The first kappa shape index (κ1) is 26.9. The molecule has 1 amide bonds. The number of nitrogens with one attached hydrogen (secondary N) is 2. The first-order chi connectivity index (χ1) is 16.7. The highest BCUT2D eigenvalue weighted by atomic mass is 35.5. The van der Waals surface area contributed by atoms with Gasteiger partial charge in [-0.15, -0.1) is 23.4 Å². The molecule has 3 fully saturated rings. The minimum atomic E-state index is -1.27. The lowest BCUT2D eigenvalue weighted by Gasteiger charge is -2.42. The van der Waals surface area contributed by atoms with Crippen LogP contribution in [0.1, 0.15) is 31.2 Å². The normalized spacial score (nSPS) is 37.3. The van der Waals surface area contributed by atoms with Gasteiger partial charge in [-0.1, -0.05) is 18.7 Å². The number of amides is 1. The summed E-state index contributed by atoms with van der Waals surface area (Å²) >= 11 is 7.79. The van der Waals surface area contributed by atoms with Crippen molar-refractivity contribution in [2.45, 2.75) is 73.0 Å². The van der Waals surface area contributed by atoms with Crippen LogP contribution in [0.2, 0.25) is 0 Å². The van der Waals surface area contributed by atoms with Crippen molar-refractivity contribution in [1.29, 1.82) is 0 Å². The standard InChI is InChI=1S/C25H34ClFN2O5S/c1-12-20(30)21(31)23(34-25(12)35-3)18(13(2)26)29-24(32)19-22-16(11-28-19)10-15(8-9-33-22)14-4-6-17(27)7-5-14/h4-7,13,15-16,18-23,25,28,30-31H,1,8-11H2,2-3H3,(H,29,32). The van der Waals surface area contributed by atoms with Crippen molar-refractivity contribution in [3.05, 3.63) is 47.8 Å². The third-order valence-corrected chi connectivity index (χ3v) is 8.49. The van der Waals surface area contributed by atoms with Crippen LogP contribution in [0.3, 0.4) is 0 Å². The molecule has 0 spiro atoms. The molecule has 0 saturated carbocycles. The molecule has 0 aromatic heterocycles. The van der Waals surface area contributed by atoms with Gasteiger partial charge >= 0.3 is 0 Å². The minimum Gasteiger partial charge on any atom is -0.387 e. The molecule has 3 aliphatic heterocycles. The van der Waals surface area contributed by atoms with Crippen LogP contribution < -0.4 is 10.6 Å². The number of carbonyl (C=O) groups excluding carboxylic acids is 1. The Balaban J connectivity index is 1.44. The van der Waals surface area contributed by atoms with E-state index in [4.69, 9.17) is 21.1 Å². The fourth-order valence-electron chi connectivity index (χ4n) is 5.41. The Labute approximate surface area is 214 Å². The van der Waals surface area contributed by atoms with Gasteiger partial charge in [0.25, 0.3) is 0 Å². The van der Waals surface area contributed by atoms with Gasteiger partial charge in [0.05, 0.1) is 17.5 Å². The van der Waals surface area contributed by atoms with Crippen molar-refractivity contribution in [3.8, 4) is 0 Å². The minimum absolute atomic E-state index is 0.123. The summed E-state index contributed by atoms with van der Waals surface area (Å²) in [5.74, 6) is -0.191. The highest BCUT2D eigenvalue weighted by molar-refractivity contribution is 7.99. The van der Waals surface area contributed by atoms with E-state index in [-0.39, 0.29) is 29.7 Å². The van der Waals surface area contributed by atoms with Crippen LogP contribution in [0.5, 0.6) is 0 Å². The predicted octanol–water partition coefficient (Wildman–Crippen LogP) is 2.15. The molecule has 194 valence electrons. The van der Waals surface area contributed by atoms with Gasteiger partial charge in [-0.2, -0.15) is 0 Å². The van der Waals surface area contributed by atoms with Crippen LogP contribution in [-0.2, 0) is 14.3 Å². The molecule has 3 saturated heterocycles. The monoisotopic (exact) mass is 528 g/mol. The zero-order valence-electron chi connectivity index (χ0n) is 19.9. The van der Waals surface area contributed by atoms with Crippen molar-refractivity contribution < 1.29 is 28.9 Å². The summed E-state index contributed by atoms with van der Waals surface area (Å²) in [6.07, 6.45) is -0.214. The quantitative estimate of drug-likeness (QED) is 0.331. The summed E-state index contributed by atoms with van der Waals surface area (Å²) in [6.45, 7) is 6.66. The van der Waals surface area contributed by atoms with E-state index >= 15 is 0 Å². The van der Waals surface area contributed by atoms with Crippen LogP contribution in [0, 0.1) is 11.7 Å². The van der Waals surface area contributed by atoms with Gasteiger partial charge in [0, 0.05) is 19.1 Å². The lowest BCUT2D eigenvalue weighted by molar-refractivity contribution is -0.139. The Morgan fingerprint density at radius 2 is 2.06 bits per heavy atom. The van der Waals surface area contributed by atoms with Crippen LogP contribution in [0.15, 0.2) is 36.4 Å². The molecule has 0 radical (unpaired) electrons. The molecule has 35 heavy (non-hydrogen) atoms. The zero-order chi connectivity index (χ0) is 25.3. The van der Waals surface area contributed by atoms with Crippen LogP contribution in [0.25, 0.3) is 0 Å².